The Morgan fingerprint density at radius 3 is 2.52 bits per heavy atom. The van der Waals surface area contributed by atoms with Crippen molar-refractivity contribution in [3.05, 3.63) is 71.8 Å². The highest BCUT2D eigenvalue weighted by molar-refractivity contribution is 6.08. The standard InChI is InChI=1S/C25H23NO5/c1-15-8-4-5-9-17(15)12-24(27)30-16(2)25(28)26-20-14-22-19(13-23(20)29-3)18-10-6-7-11-21(18)31-22/h4-11,13-14,16H,12H2,1-3H3,(H,26,28)/t16-/m0/s1. The van der Waals surface area contributed by atoms with E-state index in [1.807, 2.05) is 61.5 Å². The van der Waals surface area contributed by atoms with E-state index in [-0.39, 0.29) is 6.42 Å². The van der Waals surface area contributed by atoms with Gasteiger partial charge in [-0.05, 0) is 37.1 Å². The van der Waals surface area contributed by atoms with E-state index in [0.717, 1.165) is 27.5 Å². The number of anilines is 1. The second-order valence-corrected chi connectivity index (χ2v) is 7.37. The third-order valence-corrected chi connectivity index (χ3v) is 5.23. The van der Waals surface area contributed by atoms with Gasteiger partial charge in [0.1, 0.15) is 16.9 Å². The Bertz CT molecular complexity index is 1270. The Hall–Kier alpha value is -3.80. The zero-order valence-corrected chi connectivity index (χ0v) is 17.6. The number of benzene rings is 3. The molecule has 6 nitrogen and oxygen atoms in total. The lowest BCUT2D eigenvalue weighted by Gasteiger charge is -2.15. The van der Waals surface area contributed by atoms with Crippen molar-refractivity contribution in [2.75, 3.05) is 12.4 Å². The molecule has 0 bridgehead atoms. The summed E-state index contributed by atoms with van der Waals surface area (Å²) in [5, 5.41) is 4.63. The van der Waals surface area contributed by atoms with Crippen molar-refractivity contribution in [2.24, 2.45) is 0 Å². The van der Waals surface area contributed by atoms with Gasteiger partial charge in [-0.1, -0.05) is 42.5 Å². The molecule has 4 rings (SSSR count). The topological polar surface area (TPSA) is 77.8 Å². The van der Waals surface area contributed by atoms with Crippen LogP contribution in [0.15, 0.2) is 65.1 Å². The first-order valence-corrected chi connectivity index (χ1v) is 10.0. The fraction of sp³-hybridized carbons (Fsp3) is 0.200. The fourth-order valence-corrected chi connectivity index (χ4v) is 3.51. The number of amides is 1. The summed E-state index contributed by atoms with van der Waals surface area (Å²) in [6.07, 6.45) is -0.856. The Morgan fingerprint density at radius 2 is 1.74 bits per heavy atom. The number of hydrogen-bond acceptors (Lipinski definition) is 5. The van der Waals surface area contributed by atoms with E-state index < -0.39 is 18.0 Å². The minimum absolute atomic E-state index is 0.110. The zero-order valence-electron chi connectivity index (χ0n) is 17.6. The van der Waals surface area contributed by atoms with Crippen LogP contribution in [0, 0.1) is 6.92 Å². The zero-order chi connectivity index (χ0) is 22.0. The van der Waals surface area contributed by atoms with Gasteiger partial charge in [0.15, 0.2) is 6.10 Å². The van der Waals surface area contributed by atoms with Crippen LogP contribution >= 0.6 is 0 Å². The SMILES string of the molecule is COc1cc2c(cc1NC(=O)[C@H](C)OC(=O)Cc1ccccc1C)oc1ccccc12. The summed E-state index contributed by atoms with van der Waals surface area (Å²) in [5.74, 6) is -0.422. The maximum atomic E-state index is 12.7. The van der Waals surface area contributed by atoms with Gasteiger partial charge < -0.3 is 19.2 Å². The molecule has 1 amide bonds. The molecular weight excluding hydrogens is 394 g/mol. The van der Waals surface area contributed by atoms with Gasteiger partial charge in [-0.15, -0.1) is 0 Å². The molecule has 31 heavy (non-hydrogen) atoms. The number of fused-ring (bicyclic) bond motifs is 3. The second kappa shape index (κ2) is 8.52. The first-order chi connectivity index (χ1) is 15.0. The minimum Gasteiger partial charge on any atom is -0.495 e. The summed E-state index contributed by atoms with van der Waals surface area (Å²) in [6, 6.07) is 18.8. The smallest absolute Gasteiger partial charge is 0.311 e. The van der Waals surface area contributed by atoms with Crippen LogP contribution in [0.2, 0.25) is 0 Å². The number of ether oxygens (including phenoxy) is 2. The van der Waals surface area contributed by atoms with Crippen LogP contribution in [-0.2, 0) is 20.7 Å². The maximum Gasteiger partial charge on any atom is 0.311 e. The summed E-state index contributed by atoms with van der Waals surface area (Å²) in [5.41, 5.74) is 3.70. The molecule has 4 aromatic rings. The molecule has 0 radical (unpaired) electrons. The van der Waals surface area contributed by atoms with Gasteiger partial charge in [-0.3, -0.25) is 9.59 Å². The van der Waals surface area contributed by atoms with Crippen molar-refractivity contribution in [1.29, 1.82) is 0 Å². The first-order valence-electron chi connectivity index (χ1n) is 10.0. The van der Waals surface area contributed by atoms with Crippen LogP contribution in [0.1, 0.15) is 18.1 Å². The molecule has 0 aliphatic carbocycles. The van der Waals surface area contributed by atoms with E-state index in [1.54, 1.807) is 6.07 Å². The summed E-state index contributed by atoms with van der Waals surface area (Å²) < 4.78 is 16.7. The van der Waals surface area contributed by atoms with Gasteiger partial charge in [0.05, 0.1) is 19.2 Å². The third kappa shape index (κ3) is 4.23. The van der Waals surface area contributed by atoms with Gasteiger partial charge in [0.25, 0.3) is 5.91 Å². The molecule has 0 saturated carbocycles. The Balaban J connectivity index is 1.50. The quantitative estimate of drug-likeness (QED) is 0.446. The van der Waals surface area contributed by atoms with E-state index >= 15 is 0 Å². The number of aryl methyl sites for hydroxylation is 1. The fourth-order valence-electron chi connectivity index (χ4n) is 3.51. The number of furan rings is 1. The third-order valence-electron chi connectivity index (χ3n) is 5.23. The predicted molar refractivity (Wildman–Crippen MR) is 119 cm³/mol. The van der Waals surface area contributed by atoms with Crippen molar-refractivity contribution < 1.29 is 23.5 Å². The van der Waals surface area contributed by atoms with Gasteiger partial charge >= 0.3 is 5.97 Å². The van der Waals surface area contributed by atoms with Gasteiger partial charge in [0, 0.05) is 16.8 Å². The molecule has 1 N–H and O–H groups in total. The summed E-state index contributed by atoms with van der Waals surface area (Å²) in [4.78, 5) is 25.0. The minimum atomic E-state index is -0.965. The van der Waals surface area contributed by atoms with Crippen molar-refractivity contribution in [2.45, 2.75) is 26.4 Å². The maximum absolute atomic E-state index is 12.7. The van der Waals surface area contributed by atoms with Gasteiger partial charge in [0.2, 0.25) is 0 Å². The van der Waals surface area contributed by atoms with Crippen LogP contribution < -0.4 is 10.1 Å². The molecule has 3 aromatic carbocycles. The molecule has 1 atom stereocenters. The highest BCUT2D eigenvalue weighted by atomic mass is 16.5. The van der Waals surface area contributed by atoms with Crippen LogP contribution in [0.3, 0.4) is 0 Å². The second-order valence-electron chi connectivity index (χ2n) is 7.37. The van der Waals surface area contributed by atoms with E-state index in [1.165, 1.54) is 14.0 Å². The number of hydrogen-bond donors (Lipinski definition) is 1. The number of nitrogens with one attached hydrogen (secondary N) is 1. The number of para-hydroxylation sites is 1. The van der Waals surface area contributed by atoms with Crippen LogP contribution in [-0.4, -0.2) is 25.1 Å². The van der Waals surface area contributed by atoms with Crippen LogP contribution in [0.5, 0.6) is 5.75 Å². The average Bonchev–Trinajstić information content (AvgIpc) is 3.12. The average molecular weight is 417 g/mol. The van der Waals surface area contributed by atoms with Crippen molar-refractivity contribution >= 4 is 39.5 Å². The van der Waals surface area contributed by atoms with Crippen LogP contribution in [0.4, 0.5) is 5.69 Å². The molecule has 0 aliphatic heterocycles. The molecule has 0 fully saturated rings. The first kappa shape index (κ1) is 20.5. The summed E-state index contributed by atoms with van der Waals surface area (Å²) >= 11 is 0. The molecule has 1 aromatic heterocycles. The molecule has 0 unspecified atom stereocenters. The van der Waals surface area contributed by atoms with Crippen molar-refractivity contribution in [3.8, 4) is 5.75 Å². The molecule has 0 spiro atoms. The number of methoxy groups -OCH3 is 1. The summed E-state index contributed by atoms with van der Waals surface area (Å²) in [6.45, 7) is 3.47. The molecule has 158 valence electrons. The summed E-state index contributed by atoms with van der Waals surface area (Å²) in [7, 11) is 1.53. The lowest BCUT2D eigenvalue weighted by molar-refractivity contribution is -0.152. The Morgan fingerprint density at radius 1 is 1.00 bits per heavy atom. The lowest BCUT2D eigenvalue weighted by Crippen LogP contribution is -2.30. The van der Waals surface area contributed by atoms with E-state index in [4.69, 9.17) is 13.9 Å². The highest BCUT2D eigenvalue weighted by Crippen LogP contribution is 2.36. The number of carbonyl (C=O) groups excluding carboxylic acids is 2. The molecule has 0 aliphatic rings. The van der Waals surface area contributed by atoms with E-state index in [2.05, 4.69) is 5.32 Å². The normalized spacial score (nSPS) is 12.0. The predicted octanol–water partition coefficient (Wildman–Crippen LogP) is 5.02. The highest BCUT2D eigenvalue weighted by Gasteiger charge is 2.21. The number of carbonyl (C=O) groups is 2. The van der Waals surface area contributed by atoms with E-state index in [0.29, 0.717) is 17.0 Å². The number of esters is 1. The Labute approximate surface area is 179 Å². The lowest BCUT2D eigenvalue weighted by atomic mass is 10.1. The van der Waals surface area contributed by atoms with Crippen LogP contribution in [0.25, 0.3) is 21.9 Å². The van der Waals surface area contributed by atoms with Crippen molar-refractivity contribution in [1.82, 2.24) is 0 Å². The molecule has 0 saturated heterocycles. The molecular formula is C25H23NO5. The number of rotatable bonds is 6. The largest absolute Gasteiger partial charge is 0.495 e. The van der Waals surface area contributed by atoms with E-state index in [9.17, 15) is 9.59 Å². The monoisotopic (exact) mass is 417 g/mol. The Kier molecular flexibility index (Phi) is 5.62. The molecule has 1 heterocycles. The van der Waals surface area contributed by atoms with Gasteiger partial charge in [-0.2, -0.15) is 0 Å². The van der Waals surface area contributed by atoms with Crippen molar-refractivity contribution in [3.63, 3.8) is 0 Å². The molecule has 6 heteroatoms. The van der Waals surface area contributed by atoms with Gasteiger partial charge in [-0.25, -0.2) is 0 Å².